The molecular weight excluding hydrogens is 453 g/mol. The summed E-state index contributed by atoms with van der Waals surface area (Å²) in [4.78, 5) is 7.19. The Kier molecular flexibility index (Phi) is 9.16. The fraction of sp³-hybridized carbons (Fsp3) is 0.370. The first-order chi connectivity index (χ1) is 15.3. The quantitative estimate of drug-likeness (QED) is 0.491. The van der Waals surface area contributed by atoms with E-state index in [1.54, 1.807) is 7.11 Å². The minimum Gasteiger partial charge on any atom is -0.496 e. The van der Waals surface area contributed by atoms with Crippen LogP contribution in [-0.4, -0.2) is 42.2 Å². The van der Waals surface area contributed by atoms with E-state index in [1.165, 1.54) is 42.6 Å². The average molecular weight is 486 g/mol. The van der Waals surface area contributed by atoms with Gasteiger partial charge in [0, 0.05) is 42.5 Å². The van der Waals surface area contributed by atoms with E-state index < -0.39 is 0 Å². The number of para-hydroxylation sites is 1. The van der Waals surface area contributed by atoms with Crippen LogP contribution in [0.1, 0.15) is 35.4 Å². The van der Waals surface area contributed by atoms with Crippen LogP contribution in [0.15, 0.2) is 79.1 Å². The number of ether oxygens (including phenoxy) is 1. The zero-order chi connectivity index (χ0) is 21.0. The van der Waals surface area contributed by atoms with Crippen LogP contribution in [0.2, 0.25) is 0 Å². The Morgan fingerprint density at radius 1 is 0.939 bits per heavy atom. The molecule has 1 aromatic heterocycles. The molecule has 4 nitrogen and oxygen atoms in total. The largest absolute Gasteiger partial charge is 0.496 e. The minimum absolute atomic E-state index is 0. The van der Waals surface area contributed by atoms with Crippen LogP contribution in [0, 0.1) is 5.92 Å². The molecule has 3 saturated heterocycles. The number of nitrogens with one attached hydrogen (secondary N) is 1. The molecule has 33 heavy (non-hydrogen) atoms. The highest BCUT2D eigenvalue weighted by Crippen LogP contribution is 2.42. The molecule has 3 aliphatic heterocycles. The summed E-state index contributed by atoms with van der Waals surface area (Å²) in [6.07, 6.45) is 6.47. The molecule has 2 aromatic carbocycles. The molecule has 4 heterocycles. The van der Waals surface area contributed by atoms with E-state index in [9.17, 15) is 0 Å². The lowest BCUT2D eigenvalue weighted by Gasteiger charge is -2.54. The van der Waals surface area contributed by atoms with Gasteiger partial charge in [0.25, 0.3) is 0 Å². The predicted molar refractivity (Wildman–Crippen MR) is 139 cm³/mol. The molecule has 3 fully saturated rings. The highest BCUT2D eigenvalue weighted by molar-refractivity contribution is 5.85. The smallest absolute Gasteiger partial charge is 0.123 e. The zero-order valence-electron chi connectivity index (χ0n) is 19.0. The van der Waals surface area contributed by atoms with Crippen LogP contribution >= 0.6 is 24.8 Å². The lowest BCUT2D eigenvalue weighted by atomic mass is 9.70. The molecular formula is C27H33Cl2N3O. The van der Waals surface area contributed by atoms with E-state index in [0.29, 0.717) is 23.9 Å². The van der Waals surface area contributed by atoms with Crippen LogP contribution in [0.4, 0.5) is 0 Å². The first kappa shape index (κ1) is 25.5. The molecule has 0 spiro atoms. The van der Waals surface area contributed by atoms with Crippen molar-refractivity contribution in [2.45, 2.75) is 37.4 Å². The Morgan fingerprint density at radius 2 is 1.64 bits per heavy atom. The lowest BCUT2D eigenvalue weighted by molar-refractivity contribution is 0.00458. The number of halogens is 2. The van der Waals surface area contributed by atoms with E-state index in [4.69, 9.17) is 4.74 Å². The minimum atomic E-state index is 0. The van der Waals surface area contributed by atoms with Gasteiger partial charge in [-0.05, 0) is 55.1 Å². The molecule has 3 atom stereocenters. The maximum Gasteiger partial charge on any atom is 0.123 e. The second-order valence-electron chi connectivity index (χ2n) is 8.76. The van der Waals surface area contributed by atoms with Crippen LogP contribution in [0.3, 0.4) is 0 Å². The molecule has 3 aromatic rings. The summed E-state index contributed by atoms with van der Waals surface area (Å²) >= 11 is 0. The molecule has 0 radical (unpaired) electrons. The second kappa shape index (κ2) is 11.8. The number of piperidine rings is 3. The van der Waals surface area contributed by atoms with Gasteiger partial charge in [-0.3, -0.25) is 9.88 Å². The molecule has 0 amide bonds. The number of pyridine rings is 1. The summed E-state index contributed by atoms with van der Waals surface area (Å²) in [5.74, 6) is 1.96. The second-order valence-corrected chi connectivity index (χ2v) is 8.76. The average Bonchev–Trinajstić information content (AvgIpc) is 2.85. The van der Waals surface area contributed by atoms with Crippen molar-refractivity contribution in [3.63, 3.8) is 0 Å². The monoisotopic (exact) mass is 485 g/mol. The van der Waals surface area contributed by atoms with Crippen molar-refractivity contribution in [2.75, 3.05) is 20.2 Å². The van der Waals surface area contributed by atoms with Gasteiger partial charge in [-0.25, -0.2) is 0 Å². The zero-order valence-corrected chi connectivity index (χ0v) is 20.6. The summed E-state index contributed by atoms with van der Waals surface area (Å²) in [7, 11) is 1.75. The summed E-state index contributed by atoms with van der Waals surface area (Å²) in [5, 5.41) is 3.97. The first-order valence-corrected chi connectivity index (χ1v) is 11.4. The summed E-state index contributed by atoms with van der Waals surface area (Å²) < 4.78 is 5.60. The van der Waals surface area contributed by atoms with Crippen LogP contribution in [0.25, 0.3) is 0 Å². The van der Waals surface area contributed by atoms with E-state index in [0.717, 1.165) is 12.3 Å². The molecule has 6 heteroatoms. The fourth-order valence-electron chi connectivity index (χ4n) is 5.67. The van der Waals surface area contributed by atoms with E-state index in [-0.39, 0.29) is 24.8 Å². The Balaban J connectivity index is 0.00000153. The molecule has 0 aliphatic carbocycles. The van der Waals surface area contributed by atoms with Gasteiger partial charge in [0.05, 0.1) is 7.11 Å². The molecule has 1 N–H and O–H groups in total. The van der Waals surface area contributed by atoms with Crippen molar-refractivity contribution in [3.05, 3.63) is 95.8 Å². The Labute approximate surface area is 209 Å². The van der Waals surface area contributed by atoms with Crippen molar-refractivity contribution in [3.8, 4) is 5.75 Å². The van der Waals surface area contributed by atoms with Gasteiger partial charge in [-0.1, -0.05) is 54.6 Å². The van der Waals surface area contributed by atoms with E-state index in [1.807, 2.05) is 18.3 Å². The number of hydrogen-bond acceptors (Lipinski definition) is 4. The van der Waals surface area contributed by atoms with Gasteiger partial charge in [-0.2, -0.15) is 0 Å². The topological polar surface area (TPSA) is 37.4 Å². The van der Waals surface area contributed by atoms with Crippen molar-refractivity contribution in [1.29, 1.82) is 0 Å². The highest BCUT2D eigenvalue weighted by Gasteiger charge is 2.46. The number of benzene rings is 2. The van der Waals surface area contributed by atoms with Crippen LogP contribution in [0.5, 0.6) is 5.75 Å². The molecule has 3 unspecified atom stereocenters. The Hall–Kier alpha value is -2.11. The normalized spacial score (nSPS) is 24.3. The third-order valence-electron chi connectivity index (χ3n) is 7.14. The maximum atomic E-state index is 5.60. The third kappa shape index (κ3) is 5.36. The SMILES string of the molecule is COc1ccccc1CNC1C2CCN(CC2)C1C(c1ccccc1)c1cccnc1.Cl.Cl. The van der Waals surface area contributed by atoms with Gasteiger partial charge in [0.15, 0.2) is 0 Å². The maximum absolute atomic E-state index is 5.60. The van der Waals surface area contributed by atoms with Gasteiger partial charge >= 0.3 is 0 Å². The van der Waals surface area contributed by atoms with Gasteiger partial charge in [0.1, 0.15) is 5.75 Å². The number of aromatic nitrogens is 1. The number of hydrogen-bond donors (Lipinski definition) is 1. The number of nitrogens with zero attached hydrogens (tertiary/aromatic N) is 2. The van der Waals surface area contributed by atoms with E-state index >= 15 is 0 Å². The van der Waals surface area contributed by atoms with Gasteiger partial charge < -0.3 is 10.1 Å². The number of methoxy groups -OCH3 is 1. The molecule has 176 valence electrons. The van der Waals surface area contributed by atoms with Crippen molar-refractivity contribution in [1.82, 2.24) is 15.2 Å². The summed E-state index contributed by atoms with van der Waals surface area (Å²) in [6, 6.07) is 24.5. The van der Waals surface area contributed by atoms with Crippen LogP contribution in [-0.2, 0) is 6.54 Å². The van der Waals surface area contributed by atoms with E-state index in [2.05, 4.69) is 76.0 Å². The Bertz CT molecular complexity index is 941. The third-order valence-corrected chi connectivity index (χ3v) is 7.14. The standard InChI is InChI=1S/C27H31N3O.2ClH/c1-31-24-12-6-5-10-22(24)19-29-26-21-13-16-30(17-14-21)27(26)25(20-8-3-2-4-9-20)23-11-7-15-28-18-23;;/h2-12,15,18,21,25-27,29H,13-14,16-17,19H2,1H3;2*1H. The Morgan fingerprint density at radius 3 is 2.33 bits per heavy atom. The van der Waals surface area contributed by atoms with Gasteiger partial charge in [0.2, 0.25) is 0 Å². The highest BCUT2D eigenvalue weighted by atomic mass is 35.5. The first-order valence-electron chi connectivity index (χ1n) is 11.4. The molecule has 6 rings (SSSR count). The molecule has 0 saturated carbocycles. The summed E-state index contributed by atoms with van der Waals surface area (Å²) in [6.45, 7) is 3.20. The lowest BCUT2D eigenvalue weighted by Crippen LogP contribution is -2.64. The number of rotatable bonds is 7. The van der Waals surface area contributed by atoms with Crippen molar-refractivity contribution < 1.29 is 4.74 Å². The van der Waals surface area contributed by atoms with Crippen molar-refractivity contribution in [2.24, 2.45) is 5.92 Å². The molecule has 2 bridgehead atoms. The molecule has 3 aliphatic rings. The fourth-order valence-corrected chi connectivity index (χ4v) is 5.67. The van der Waals surface area contributed by atoms with Crippen molar-refractivity contribution >= 4 is 24.8 Å². The predicted octanol–water partition coefficient (Wildman–Crippen LogP) is 5.32. The summed E-state index contributed by atoms with van der Waals surface area (Å²) in [5.41, 5.74) is 3.89. The van der Waals surface area contributed by atoms with Gasteiger partial charge in [-0.15, -0.1) is 24.8 Å². The van der Waals surface area contributed by atoms with Crippen LogP contribution < -0.4 is 10.1 Å². The number of fused-ring (bicyclic) bond motifs is 3.